The average molecular weight is 248 g/mol. The lowest BCUT2D eigenvalue weighted by atomic mass is 9.89. The van der Waals surface area contributed by atoms with Crippen molar-refractivity contribution in [1.82, 2.24) is 19.6 Å². The molecule has 0 spiro atoms. The summed E-state index contributed by atoms with van der Waals surface area (Å²) in [4.78, 5) is 19.3. The highest BCUT2D eigenvalue weighted by atomic mass is 16.4. The van der Waals surface area contributed by atoms with Gasteiger partial charge in [0, 0.05) is 5.92 Å². The van der Waals surface area contributed by atoms with Gasteiger partial charge in [0.05, 0.1) is 18.3 Å². The summed E-state index contributed by atoms with van der Waals surface area (Å²) in [5.74, 6) is 1.19. The number of imidazole rings is 1. The van der Waals surface area contributed by atoms with Crippen LogP contribution in [0.25, 0.3) is 5.78 Å². The second-order valence-electron chi connectivity index (χ2n) is 4.92. The van der Waals surface area contributed by atoms with E-state index < -0.39 is 5.97 Å². The smallest absolute Gasteiger partial charge is 0.309 e. The Morgan fingerprint density at radius 2 is 2.17 bits per heavy atom. The molecule has 0 amide bonds. The largest absolute Gasteiger partial charge is 0.481 e. The minimum atomic E-state index is -0.872. The normalized spacial score (nSPS) is 17.3. The number of H-pyrrole nitrogens is 1. The SMILES string of the molecule is O=C(O)Cc1cn2[nH]c(C3CCCCC3)nc2n1. The van der Waals surface area contributed by atoms with Gasteiger partial charge >= 0.3 is 5.97 Å². The number of rotatable bonds is 3. The van der Waals surface area contributed by atoms with Crippen LogP contribution >= 0.6 is 0 Å². The van der Waals surface area contributed by atoms with Crippen LogP contribution < -0.4 is 0 Å². The predicted octanol–water partition coefficient (Wildman–Crippen LogP) is 1.73. The highest BCUT2D eigenvalue weighted by molar-refractivity contribution is 5.69. The van der Waals surface area contributed by atoms with Gasteiger partial charge in [-0.25, -0.2) is 9.50 Å². The van der Waals surface area contributed by atoms with Gasteiger partial charge in [-0.3, -0.25) is 9.89 Å². The molecule has 1 fully saturated rings. The summed E-state index contributed by atoms with van der Waals surface area (Å²) in [5, 5.41) is 11.9. The first-order valence-electron chi connectivity index (χ1n) is 6.38. The molecule has 0 saturated heterocycles. The maximum absolute atomic E-state index is 10.6. The molecule has 6 heteroatoms. The molecular formula is C12H16N4O2. The van der Waals surface area contributed by atoms with E-state index in [1.807, 2.05) is 0 Å². The monoisotopic (exact) mass is 248 g/mol. The first kappa shape index (κ1) is 11.3. The lowest BCUT2D eigenvalue weighted by molar-refractivity contribution is -0.136. The van der Waals surface area contributed by atoms with Crippen LogP contribution in [0.5, 0.6) is 0 Å². The minimum Gasteiger partial charge on any atom is -0.481 e. The summed E-state index contributed by atoms with van der Waals surface area (Å²) in [5.41, 5.74) is 0.538. The standard InChI is InChI=1S/C12H16N4O2/c17-10(18)6-9-7-16-12(13-9)14-11(15-16)8-4-2-1-3-5-8/h7-8H,1-6H2,(H,17,18)(H,13,14,15). The summed E-state index contributed by atoms with van der Waals surface area (Å²) in [6, 6.07) is 0. The fraction of sp³-hybridized carbons (Fsp3) is 0.583. The number of aliphatic carboxylic acids is 1. The van der Waals surface area contributed by atoms with Crippen LogP contribution in [-0.4, -0.2) is 30.7 Å². The zero-order chi connectivity index (χ0) is 12.5. The van der Waals surface area contributed by atoms with E-state index in [2.05, 4.69) is 15.1 Å². The highest BCUT2D eigenvalue weighted by Crippen LogP contribution is 2.30. The van der Waals surface area contributed by atoms with Crippen LogP contribution in [0.4, 0.5) is 0 Å². The van der Waals surface area contributed by atoms with Crippen molar-refractivity contribution in [2.24, 2.45) is 0 Å². The van der Waals surface area contributed by atoms with Gasteiger partial charge in [-0.15, -0.1) is 0 Å². The molecule has 18 heavy (non-hydrogen) atoms. The molecule has 0 radical (unpaired) electrons. The van der Waals surface area contributed by atoms with Gasteiger partial charge in [-0.2, -0.15) is 4.98 Å². The fourth-order valence-electron chi connectivity index (χ4n) is 2.63. The van der Waals surface area contributed by atoms with Crippen LogP contribution in [0.1, 0.15) is 49.5 Å². The Kier molecular flexibility index (Phi) is 2.77. The number of aromatic amines is 1. The van der Waals surface area contributed by atoms with E-state index in [1.165, 1.54) is 32.1 Å². The topological polar surface area (TPSA) is 83.3 Å². The lowest BCUT2D eigenvalue weighted by Crippen LogP contribution is -2.06. The Labute approximate surface area is 104 Å². The molecule has 3 rings (SSSR count). The van der Waals surface area contributed by atoms with E-state index in [9.17, 15) is 4.79 Å². The Balaban J connectivity index is 1.83. The van der Waals surface area contributed by atoms with Crippen molar-refractivity contribution in [3.63, 3.8) is 0 Å². The molecule has 2 N–H and O–H groups in total. The van der Waals surface area contributed by atoms with Gasteiger partial charge in [0.15, 0.2) is 0 Å². The number of fused-ring (bicyclic) bond motifs is 1. The summed E-state index contributed by atoms with van der Waals surface area (Å²) in [6.45, 7) is 0. The number of carbonyl (C=O) groups is 1. The number of hydrogen-bond donors (Lipinski definition) is 2. The molecule has 6 nitrogen and oxygen atoms in total. The molecule has 0 unspecified atom stereocenters. The summed E-state index contributed by atoms with van der Waals surface area (Å²) >= 11 is 0. The quantitative estimate of drug-likeness (QED) is 0.866. The summed E-state index contributed by atoms with van der Waals surface area (Å²) in [6.07, 6.45) is 7.85. The van der Waals surface area contributed by atoms with Gasteiger partial charge in [-0.1, -0.05) is 19.3 Å². The molecular weight excluding hydrogens is 232 g/mol. The van der Waals surface area contributed by atoms with Crippen molar-refractivity contribution in [1.29, 1.82) is 0 Å². The Bertz CT molecular complexity index is 534. The molecule has 1 saturated carbocycles. The van der Waals surface area contributed by atoms with Crippen LogP contribution in [-0.2, 0) is 11.2 Å². The number of nitrogens with zero attached hydrogens (tertiary/aromatic N) is 3. The van der Waals surface area contributed by atoms with E-state index in [-0.39, 0.29) is 6.42 Å². The Hall–Kier alpha value is -1.85. The first-order chi connectivity index (χ1) is 8.72. The lowest BCUT2D eigenvalue weighted by Gasteiger charge is -2.18. The summed E-state index contributed by atoms with van der Waals surface area (Å²) in [7, 11) is 0. The number of carboxylic acid groups (broad SMARTS) is 1. The third kappa shape index (κ3) is 2.10. The van der Waals surface area contributed by atoms with E-state index in [0.29, 0.717) is 17.4 Å². The number of carboxylic acids is 1. The highest BCUT2D eigenvalue weighted by Gasteiger charge is 2.20. The van der Waals surface area contributed by atoms with Gasteiger partial charge in [0.2, 0.25) is 0 Å². The van der Waals surface area contributed by atoms with Gasteiger partial charge in [0.1, 0.15) is 5.82 Å². The van der Waals surface area contributed by atoms with Crippen molar-refractivity contribution < 1.29 is 9.90 Å². The maximum atomic E-state index is 10.6. The van der Waals surface area contributed by atoms with Gasteiger partial charge in [-0.05, 0) is 12.8 Å². The second kappa shape index (κ2) is 4.44. The molecule has 0 aliphatic heterocycles. The van der Waals surface area contributed by atoms with E-state index >= 15 is 0 Å². The molecule has 0 aromatic carbocycles. The molecule has 96 valence electrons. The van der Waals surface area contributed by atoms with E-state index in [0.717, 1.165) is 5.82 Å². The van der Waals surface area contributed by atoms with E-state index in [1.54, 1.807) is 10.7 Å². The predicted molar refractivity (Wildman–Crippen MR) is 64.5 cm³/mol. The third-order valence-corrected chi connectivity index (χ3v) is 3.52. The number of hydrogen-bond acceptors (Lipinski definition) is 3. The molecule has 1 aliphatic carbocycles. The van der Waals surface area contributed by atoms with Crippen molar-refractivity contribution in [2.75, 3.05) is 0 Å². The summed E-state index contributed by atoms with van der Waals surface area (Å²) < 4.78 is 1.72. The second-order valence-corrected chi connectivity index (χ2v) is 4.92. The number of nitrogens with one attached hydrogen (secondary N) is 1. The molecule has 2 aromatic rings. The molecule has 0 atom stereocenters. The Morgan fingerprint density at radius 1 is 1.39 bits per heavy atom. The zero-order valence-electron chi connectivity index (χ0n) is 10.1. The van der Waals surface area contributed by atoms with Crippen molar-refractivity contribution >= 4 is 11.7 Å². The van der Waals surface area contributed by atoms with Gasteiger partial charge in [0.25, 0.3) is 5.78 Å². The molecule has 0 bridgehead atoms. The molecule has 1 aliphatic rings. The van der Waals surface area contributed by atoms with Crippen LogP contribution in [0, 0.1) is 0 Å². The van der Waals surface area contributed by atoms with Crippen molar-refractivity contribution in [2.45, 2.75) is 44.4 Å². The zero-order valence-corrected chi connectivity index (χ0v) is 10.1. The van der Waals surface area contributed by atoms with Crippen LogP contribution in [0.2, 0.25) is 0 Å². The van der Waals surface area contributed by atoms with Crippen LogP contribution in [0.3, 0.4) is 0 Å². The fourth-order valence-corrected chi connectivity index (χ4v) is 2.63. The average Bonchev–Trinajstić information content (AvgIpc) is 2.87. The third-order valence-electron chi connectivity index (χ3n) is 3.52. The minimum absolute atomic E-state index is 0.0596. The molecule has 2 aromatic heterocycles. The maximum Gasteiger partial charge on any atom is 0.309 e. The van der Waals surface area contributed by atoms with E-state index in [4.69, 9.17) is 5.11 Å². The Morgan fingerprint density at radius 3 is 2.83 bits per heavy atom. The van der Waals surface area contributed by atoms with Crippen molar-refractivity contribution in [3.8, 4) is 0 Å². The van der Waals surface area contributed by atoms with Gasteiger partial charge < -0.3 is 5.11 Å². The van der Waals surface area contributed by atoms with Crippen LogP contribution in [0.15, 0.2) is 6.20 Å². The first-order valence-corrected chi connectivity index (χ1v) is 6.38. The number of aromatic nitrogens is 4. The van der Waals surface area contributed by atoms with Crippen molar-refractivity contribution in [3.05, 3.63) is 17.7 Å². The molecule has 2 heterocycles.